The second-order valence-corrected chi connectivity index (χ2v) is 5.20. The summed E-state index contributed by atoms with van der Waals surface area (Å²) in [6.07, 6.45) is 2.51. The zero-order chi connectivity index (χ0) is 12.3. The highest BCUT2D eigenvalue weighted by atomic mass is 35.5. The topological polar surface area (TPSA) is 15.3 Å². The highest BCUT2D eigenvalue weighted by Gasteiger charge is 2.20. The molecule has 0 spiro atoms. The molecule has 0 amide bonds. The molecule has 0 aliphatic carbocycles. The van der Waals surface area contributed by atoms with Crippen LogP contribution in [0.2, 0.25) is 5.02 Å². The van der Waals surface area contributed by atoms with Crippen LogP contribution in [0.3, 0.4) is 0 Å². The summed E-state index contributed by atoms with van der Waals surface area (Å²) < 4.78 is 0. The Labute approximate surface area is 109 Å². The van der Waals surface area contributed by atoms with Gasteiger partial charge in [-0.1, -0.05) is 24.6 Å². The van der Waals surface area contributed by atoms with Crippen LogP contribution in [-0.2, 0) is 0 Å². The molecule has 3 heteroatoms. The molecule has 1 aliphatic heterocycles. The van der Waals surface area contributed by atoms with E-state index in [4.69, 9.17) is 11.6 Å². The quantitative estimate of drug-likeness (QED) is 0.889. The fourth-order valence-corrected chi connectivity index (χ4v) is 2.75. The van der Waals surface area contributed by atoms with Gasteiger partial charge in [0.1, 0.15) is 0 Å². The predicted octanol–water partition coefficient (Wildman–Crippen LogP) is 3.23. The summed E-state index contributed by atoms with van der Waals surface area (Å²) in [4.78, 5) is 2.41. The number of piperidine rings is 1. The Morgan fingerprint density at radius 2 is 2.29 bits per heavy atom. The number of hydrogen-bond donors (Lipinski definition) is 1. The van der Waals surface area contributed by atoms with Crippen LogP contribution in [-0.4, -0.2) is 25.7 Å². The van der Waals surface area contributed by atoms with E-state index in [1.807, 2.05) is 6.07 Å². The van der Waals surface area contributed by atoms with Crippen molar-refractivity contribution in [1.82, 2.24) is 5.32 Å². The van der Waals surface area contributed by atoms with Gasteiger partial charge in [0.25, 0.3) is 0 Å². The van der Waals surface area contributed by atoms with Crippen molar-refractivity contribution < 1.29 is 0 Å². The number of nitrogens with zero attached hydrogens (tertiary/aromatic N) is 1. The fourth-order valence-electron chi connectivity index (χ4n) is 2.52. The Morgan fingerprint density at radius 1 is 1.47 bits per heavy atom. The van der Waals surface area contributed by atoms with Gasteiger partial charge in [0.05, 0.1) is 10.7 Å². The average molecular weight is 253 g/mol. The van der Waals surface area contributed by atoms with Crippen molar-refractivity contribution in [2.24, 2.45) is 0 Å². The van der Waals surface area contributed by atoms with Crippen LogP contribution < -0.4 is 10.2 Å². The van der Waals surface area contributed by atoms with Gasteiger partial charge in [-0.25, -0.2) is 0 Å². The Balaban J connectivity index is 2.13. The van der Waals surface area contributed by atoms with Gasteiger partial charge in [-0.2, -0.15) is 0 Å². The number of halogens is 1. The van der Waals surface area contributed by atoms with E-state index in [1.165, 1.54) is 24.1 Å². The van der Waals surface area contributed by atoms with Gasteiger partial charge >= 0.3 is 0 Å². The lowest BCUT2D eigenvalue weighted by Gasteiger charge is -2.35. The summed E-state index contributed by atoms with van der Waals surface area (Å²) in [5.74, 6) is 0. The van der Waals surface area contributed by atoms with Crippen LogP contribution in [0, 0.1) is 6.92 Å². The van der Waals surface area contributed by atoms with Crippen LogP contribution in [0.15, 0.2) is 18.2 Å². The number of aryl methyl sites for hydroxylation is 1. The molecule has 1 unspecified atom stereocenters. The molecule has 2 rings (SSSR count). The maximum atomic E-state index is 6.29. The number of anilines is 1. The largest absolute Gasteiger partial charge is 0.369 e. The first-order chi connectivity index (χ1) is 8.20. The minimum Gasteiger partial charge on any atom is -0.369 e. The molecule has 2 nitrogen and oxygen atoms in total. The molecule has 1 saturated heterocycles. The summed E-state index contributed by atoms with van der Waals surface area (Å²) in [5, 5.41) is 4.40. The third-order valence-corrected chi connectivity index (χ3v) is 3.68. The molecule has 1 aliphatic rings. The van der Waals surface area contributed by atoms with Crippen LogP contribution in [0.4, 0.5) is 5.69 Å². The monoisotopic (exact) mass is 252 g/mol. The van der Waals surface area contributed by atoms with E-state index in [2.05, 4.69) is 36.2 Å². The van der Waals surface area contributed by atoms with Gasteiger partial charge in [0, 0.05) is 19.1 Å². The summed E-state index contributed by atoms with van der Waals surface area (Å²) in [5.41, 5.74) is 2.46. The summed E-state index contributed by atoms with van der Waals surface area (Å²) >= 11 is 6.29. The van der Waals surface area contributed by atoms with E-state index in [-0.39, 0.29) is 0 Å². The normalized spacial score (nSPS) is 20.6. The molecule has 0 saturated carbocycles. The second-order valence-electron chi connectivity index (χ2n) is 4.80. The van der Waals surface area contributed by atoms with Crippen molar-refractivity contribution in [2.45, 2.75) is 32.7 Å². The van der Waals surface area contributed by atoms with E-state index in [0.29, 0.717) is 6.04 Å². The number of likely N-dealkylation sites (N-methyl/N-ethyl adjacent to an activating group) is 1. The summed E-state index contributed by atoms with van der Waals surface area (Å²) in [7, 11) is 0. The highest BCUT2D eigenvalue weighted by molar-refractivity contribution is 6.33. The molecule has 1 N–H and O–H groups in total. The molecule has 17 heavy (non-hydrogen) atoms. The van der Waals surface area contributed by atoms with Crippen molar-refractivity contribution in [3.05, 3.63) is 28.8 Å². The minimum absolute atomic E-state index is 0.602. The first-order valence-electron chi connectivity index (χ1n) is 6.45. The van der Waals surface area contributed by atoms with Gasteiger partial charge in [-0.3, -0.25) is 0 Å². The van der Waals surface area contributed by atoms with Gasteiger partial charge in [0.2, 0.25) is 0 Å². The van der Waals surface area contributed by atoms with Crippen molar-refractivity contribution in [1.29, 1.82) is 0 Å². The first kappa shape index (κ1) is 12.7. The van der Waals surface area contributed by atoms with E-state index in [0.717, 1.165) is 24.7 Å². The zero-order valence-corrected chi connectivity index (χ0v) is 11.4. The first-order valence-corrected chi connectivity index (χ1v) is 6.83. The van der Waals surface area contributed by atoms with Crippen molar-refractivity contribution in [3.63, 3.8) is 0 Å². The van der Waals surface area contributed by atoms with Crippen LogP contribution in [0.1, 0.15) is 25.3 Å². The molecule has 1 aromatic carbocycles. The highest BCUT2D eigenvalue weighted by Crippen LogP contribution is 2.29. The number of benzene rings is 1. The van der Waals surface area contributed by atoms with Gasteiger partial charge in [-0.15, -0.1) is 0 Å². The van der Waals surface area contributed by atoms with Gasteiger partial charge in [0.15, 0.2) is 0 Å². The zero-order valence-electron chi connectivity index (χ0n) is 10.7. The standard InChI is InChI=1S/C14H21ClN2/c1-3-16-12-5-4-8-17(10-12)14-9-11(2)6-7-13(14)15/h6-7,9,12,16H,3-5,8,10H2,1-2H3. The Kier molecular flexibility index (Phi) is 4.30. The van der Waals surface area contributed by atoms with E-state index in [9.17, 15) is 0 Å². The molecule has 1 fully saturated rings. The van der Waals surface area contributed by atoms with Crippen molar-refractivity contribution in [3.8, 4) is 0 Å². The molecule has 1 atom stereocenters. The fraction of sp³-hybridized carbons (Fsp3) is 0.571. The molecular weight excluding hydrogens is 232 g/mol. The van der Waals surface area contributed by atoms with E-state index < -0.39 is 0 Å². The molecule has 1 heterocycles. The minimum atomic E-state index is 0.602. The van der Waals surface area contributed by atoms with E-state index in [1.54, 1.807) is 0 Å². The maximum absolute atomic E-state index is 6.29. The van der Waals surface area contributed by atoms with Crippen molar-refractivity contribution >= 4 is 17.3 Å². The molecule has 94 valence electrons. The van der Waals surface area contributed by atoms with Crippen LogP contribution in [0.5, 0.6) is 0 Å². The van der Waals surface area contributed by atoms with E-state index >= 15 is 0 Å². The lowest BCUT2D eigenvalue weighted by atomic mass is 10.0. The molecular formula is C14H21ClN2. The lowest BCUT2D eigenvalue weighted by molar-refractivity contribution is 0.431. The summed E-state index contributed by atoms with van der Waals surface area (Å²) in [6.45, 7) is 7.51. The van der Waals surface area contributed by atoms with Crippen LogP contribution in [0.25, 0.3) is 0 Å². The number of hydrogen-bond acceptors (Lipinski definition) is 2. The smallest absolute Gasteiger partial charge is 0.0639 e. The molecule has 0 aromatic heterocycles. The maximum Gasteiger partial charge on any atom is 0.0639 e. The van der Waals surface area contributed by atoms with Gasteiger partial charge in [-0.05, 0) is 44.0 Å². The predicted molar refractivity (Wildman–Crippen MR) is 75.1 cm³/mol. The SMILES string of the molecule is CCNC1CCCN(c2cc(C)ccc2Cl)C1. The number of nitrogens with one attached hydrogen (secondary N) is 1. The number of rotatable bonds is 3. The Morgan fingerprint density at radius 3 is 3.06 bits per heavy atom. The second kappa shape index (κ2) is 5.74. The average Bonchev–Trinajstić information content (AvgIpc) is 2.33. The van der Waals surface area contributed by atoms with Crippen LogP contribution >= 0.6 is 11.6 Å². The Bertz CT molecular complexity index is 376. The lowest BCUT2D eigenvalue weighted by Crippen LogP contribution is -2.45. The molecule has 0 radical (unpaired) electrons. The molecule has 1 aromatic rings. The third-order valence-electron chi connectivity index (χ3n) is 3.36. The summed E-state index contributed by atoms with van der Waals surface area (Å²) in [6, 6.07) is 6.86. The van der Waals surface area contributed by atoms with Crippen molar-refractivity contribution in [2.75, 3.05) is 24.5 Å². The van der Waals surface area contributed by atoms with Gasteiger partial charge < -0.3 is 10.2 Å². The third kappa shape index (κ3) is 3.14. The molecule has 0 bridgehead atoms. The Hall–Kier alpha value is -0.730.